The Morgan fingerprint density at radius 2 is 2.05 bits per heavy atom. The van der Waals surface area contributed by atoms with E-state index in [2.05, 4.69) is 53.6 Å². The summed E-state index contributed by atoms with van der Waals surface area (Å²) in [5, 5.41) is 3.37. The number of dihydropyridines is 1. The van der Waals surface area contributed by atoms with Gasteiger partial charge in [0.25, 0.3) is 0 Å². The summed E-state index contributed by atoms with van der Waals surface area (Å²) >= 11 is 0. The SMILES string of the molecule is Cc1ccc(C2C=CC=CN2)c(-c2ccccn2)c1. The van der Waals surface area contributed by atoms with Crippen LogP contribution in [-0.2, 0) is 0 Å². The lowest BCUT2D eigenvalue weighted by molar-refractivity contribution is 0.747. The highest BCUT2D eigenvalue weighted by Gasteiger charge is 2.14. The first-order valence-electron chi connectivity index (χ1n) is 6.46. The largest absolute Gasteiger partial charge is 0.381 e. The number of nitrogens with one attached hydrogen (secondary N) is 1. The Morgan fingerprint density at radius 1 is 1.11 bits per heavy atom. The topological polar surface area (TPSA) is 24.9 Å². The smallest absolute Gasteiger partial charge is 0.0705 e. The third-order valence-electron chi connectivity index (χ3n) is 3.27. The zero-order chi connectivity index (χ0) is 13.1. The summed E-state index contributed by atoms with van der Waals surface area (Å²) in [4.78, 5) is 4.48. The van der Waals surface area contributed by atoms with Crippen molar-refractivity contribution >= 4 is 0 Å². The summed E-state index contributed by atoms with van der Waals surface area (Å²) in [6.07, 6.45) is 10.1. The maximum atomic E-state index is 4.48. The van der Waals surface area contributed by atoms with Gasteiger partial charge in [0.1, 0.15) is 0 Å². The maximum Gasteiger partial charge on any atom is 0.0705 e. The zero-order valence-electron chi connectivity index (χ0n) is 10.9. The van der Waals surface area contributed by atoms with Gasteiger partial charge in [-0.25, -0.2) is 0 Å². The maximum absolute atomic E-state index is 4.48. The molecule has 2 nitrogen and oxygen atoms in total. The third kappa shape index (κ3) is 2.43. The minimum Gasteiger partial charge on any atom is -0.381 e. The molecule has 1 atom stereocenters. The molecule has 1 aromatic carbocycles. The molecule has 0 saturated heterocycles. The normalized spacial score (nSPS) is 17.2. The Balaban J connectivity index is 2.10. The molecule has 0 radical (unpaired) electrons. The van der Waals surface area contributed by atoms with Gasteiger partial charge in [-0.05, 0) is 43.0 Å². The van der Waals surface area contributed by atoms with E-state index in [1.165, 1.54) is 16.7 Å². The molecule has 0 amide bonds. The average molecular weight is 248 g/mol. The predicted octanol–water partition coefficient (Wildman–Crippen LogP) is 3.77. The Morgan fingerprint density at radius 3 is 2.79 bits per heavy atom. The second-order valence-corrected chi connectivity index (χ2v) is 4.69. The van der Waals surface area contributed by atoms with Gasteiger partial charge in [0, 0.05) is 11.8 Å². The first-order valence-corrected chi connectivity index (χ1v) is 6.46. The van der Waals surface area contributed by atoms with Crippen LogP contribution < -0.4 is 5.32 Å². The molecule has 94 valence electrons. The molecule has 0 spiro atoms. The van der Waals surface area contributed by atoms with Crippen molar-refractivity contribution in [3.63, 3.8) is 0 Å². The van der Waals surface area contributed by atoms with Crippen LogP contribution in [0.25, 0.3) is 11.3 Å². The van der Waals surface area contributed by atoms with Crippen molar-refractivity contribution in [1.82, 2.24) is 10.3 Å². The van der Waals surface area contributed by atoms with Crippen LogP contribution >= 0.6 is 0 Å². The van der Waals surface area contributed by atoms with Crippen molar-refractivity contribution in [1.29, 1.82) is 0 Å². The molecule has 2 aromatic rings. The third-order valence-corrected chi connectivity index (χ3v) is 3.27. The summed E-state index contributed by atoms with van der Waals surface area (Å²) in [7, 11) is 0. The zero-order valence-corrected chi connectivity index (χ0v) is 10.9. The Kier molecular flexibility index (Phi) is 3.15. The van der Waals surface area contributed by atoms with E-state index in [0.29, 0.717) is 0 Å². The van der Waals surface area contributed by atoms with Crippen LogP contribution in [0, 0.1) is 6.92 Å². The van der Waals surface area contributed by atoms with Crippen molar-refractivity contribution in [3.8, 4) is 11.3 Å². The highest BCUT2D eigenvalue weighted by molar-refractivity contribution is 5.66. The molecular formula is C17H16N2. The van der Waals surface area contributed by atoms with Gasteiger partial charge >= 0.3 is 0 Å². The summed E-state index contributed by atoms with van der Waals surface area (Å²) in [5.41, 5.74) is 4.72. The van der Waals surface area contributed by atoms with Gasteiger partial charge in [-0.2, -0.15) is 0 Å². The minimum atomic E-state index is 0.211. The van der Waals surface area contributed by atoms with Crippen molar-refractivity contribution in [2.24, 2.45) is 0 Å². The lowest BCUT2D eigenvalue weighted by Gasteiger charge is -2.20. The monoisotopic (exact) mass is 248 g/mol. The van der Waals surface area contributed by atoms with Crippen LogP contribution in [0.4, 0.5) is 0 Å². The number of allylic oxidation sites excluding steroid dienone is 2. The lowest BCUT2D eigenvalue weighted by atomic mass is 9.95. The minimum absolute atomic E-state index is 0.211. The second kappa shape index (κ2) is 5.11. The van der Waals surface area contributed by atoms with Crippen molar-refractivity contribution in [3.05, 3.63) is 78.1 Å². The van der Waals surface area contributed by atoms with E-state index >= 15 is 0 Å². The van der Waals surface area contributed by atoms with Crippen LogP contribution in [0.1, 0.15) is 17.2 Å². The average Bonchev–Trinajstić information content (AvgIpc) is 2.49. The van der Waals surface area contributed by atoms with E-state index in [-0.39, 0.29) is 6.04 Å². The number of rotatable bonds is 2. The Hall–Kier alpha value is -2.35. The molecule has 1 aliphatic rings. The number of pyridine rings is 1. The summed E-state index contributed by atoms with van der Waals surface area (Å²) in [6, 6.07) is 12.8. The van der Waals surface area contributed by atoms with Gasteiger partial charge < -0.3 is 5.32 Å². The van der Waals surface area contributed by atoms with Crippen LogP contribution in [-0.4, -0.2) is 4.98 Å². The molecule has 2 heterocycles. The molecule has 0 saturated carbocycles. The van der Waals surface area contributed by atoms with Crippen molar-refractivity contribution in [2.75, 3.05) is 0 Å². The van der Waals surface area contributed by atoms with E-state index in [0.717, 1.165) is 5.69 Å². The summed E-state index contributed by atoms with van der Waals surface area (Å²) < 4.78 is 0. The van der Waals surface area contributed by atoms with E-state index in [9.17, 15) is 0 Å². The van der Waals surface area contributed by atoms with Crippen molar-refractivity contribution < 1.29 is 0 Å². The molecule has 1 aliphatic heterocycles. The molecular weight excluding hydrogens is 232 g/mol. The lowest BCUT2D eigenvalue weighted by Crippen LogP contribution is -2.16. The second-order valence-electron chi connectivity index (χ2n) is 4.69. The van der Waals surface area contributed by atoms with Gasteiger partial charge in [-0.15, -0.1) is 0 Å². The number of hydrogen-bond donors (Lipinski definition) is 1. The quantitative estimate of drug-likeness (QED) is 0.875. The number of benzene rings is 1. The molecule has 1 N–H and O–H groups in total. The van der Waals surface area contributed by atoms with Crippen molar-refractivity contribution in [2.45, 2.75) is 13.0 Å². The molecule has 0 bridgehead atoms. The van der Waals surface area contributed by atoms with Gasteiger partial charge in [0.05, 0.1) is 11.7 Å². The fraction of sp³-hybridized carbons (Fsp3) is 0.118. The standard InChI is InChI=1S/C17H16N2/c1-13-8-9-14(16-6-2-4-10-18-16)15(12-13)17-7-3-5-11-19-17/h2-12,16,18H,1H3. The van der Waals surface area contributed by atoms with Gasteiger partial charge in [0.2, 0.25) is 0 Å². The van der Waals surface area contributed by atoms with E-state index < -0.39 is 0 Å². The fourth-order valence-corrected chi connectivity index (χ4v) is 2.32. The van der Waals surface area contributed by atoms with E-state index in [4.69, 9.17) is 0 Å². The van der Waals surface area contributed by atoms with Crippen LogP contribution in [0.5, 0.6) is 0 Å². The first-order chi connectivity index (χ1) is 9.34. The van der Waals surface area contributed by atoms with Crippen LogP contribution in [0.3, 0.4) is 0 Å². The highest BCUT2D eigenvalue weighted by Crippen LogP contribution is 2.29. The van der Waals surface area contributed by atoms with Gasteiger partial charge in [-0.1, -0.05) is 35.9 Å². The fourth-order valence-electron chi connectivity index (χ4n) is 2.32. The number of aromatic nitrogens is 1. The Labute approximate surface area is 113 Å². The van der Waals surface area contributed by atoms with Crippen LogP contribution in [0.15, 0.2) is 67.0 Å². The summed E-state index contributed by atoms with van der Waals surface area (Å²) in [6.45, 7) is 2.11. The molecule has 0 aliphatic carbocycles. The van der Waals surface area contributed by atoms with Crippen LogP contribution in [0.2, 0.25) is 0 Å². The highest BCUT2D eigenvalue weighted by atomic mass is 14.9. The number of nitrogens with zero attached hydrogens (tertiary/aromatic N) is 1. The van der Waals surface area contributed by atoms with Gasteiger partial charge in [0.15, 0.2) is 0 Å². The molecule has 19 heavy (non-hydrogen) atoms. The number of hydrogen-bond acceptors (Lipinski definition) is 2. The first kappa shape index (κ1) is 11.7. The molecule has 2 heteroatoms. The summed E-state index contributed by atoms with van der Waals surface area (Å²) in [5.74, 6) is 0. The van der Waals surface area contributed by atoms with E-state index in [1.54, 1.807) is 0 Å². The Bertz CT molecular complexity index is 627. The van der Waals surface area contributed by atoms with E-state index in [1.807, 2.05) is 30.6 Å². The molecule has 1 aromatic heterocycles. The van der Waals surface area contributed by atoms with Gasteiger partial charge in [-0.3, -0.25) is 4.98 Å². The molecule has 3 rings (SSSR count). The number of aryl methyl sites for hydroxylation is 1. The molecule has 1 unspecified atom stereocenters. The predicted molar refractivity (Wildman–Crippen MR) is 78.6 cm³/mol. The molecule has 0 fully saturated rings.